The number of rotatable bonds is 3. The molecule has 0 fully saturated rings. The quantitative estimate of drug-likeness (QED) is 0.603. The summed E-state index contributed by atoms with van der Waals surface area (Å²) in [5.41, 5.74) is 1.77. The molecule has 0 radical (unpaired) electrons. The second-order valence-corrected chi connectivity index (χ2v) is 7.72. The number of benzene rings is 2. The topological polar surface area (TPSA) is 57.0 Å². The standard InChI is InChI=1S/C18H13Cl2N3O2S/c1-25-12-5-2-10(3-6-12)17-21-18-23(22-17)16(24)9-15(26-18)11-4-7-13(19)14(20)8-11/h2-8,15H,9H2,1H3/t15-/m1/s1. The maximum absolute atomic E-state index is 12.5. The average Bonchev–Trinajstić information content (AvgIpc) is 3.09. The van der Waals surface area contributed by atoms with Crippen LogP contribution in [0.5, 0.6) is 5.75 Å². The van der Waals surface area contributed by atoms with E-state index >= 15 is 0 Å². The number of halogens is 2. The van der Waals surface area contributed by atoms with Crippen molar-refractivity contribution in [3.8, 4) is 17.1 Å². The highest BCUT2D eigenvalue weighted by atomic mass is 35.5. The van der Waals surface area contributed by atoms with Gasteiger partial charge in [0.15, 0.2) is 11.0 Å². The minimum Gasteiger partial charge on any atom is -0.497 e. The van der Waals surface area contributed by atoms with Crippen molar-refractivity contribution in [1.82, 2.24) is 14.8 Å². The summed E-state index contributed by atoms with van der Waals surface area (Å²) in [4.78, 5) is 17.1. The Morgan fingerprint density at radius 2 is 1.92 bits per heavy atom. The SMILES string of the molecule is COc1ccc(-c2nc3n(n2)C(=O)C[C@H](c2ccc(Cl)c(Cl)c2)S3)cc1. The summed E-state index contributed by atoms with van der Waals surface area (Å²) in [7, 11) is 1.61. The molecule has 2 heterocycles. The van der Waals surface area contributed by atoms with E-state index in [0.717, 1.165) is 16.9 Å². The molecule has 3 aromatic rings. The lowest BCUT2D eigenvalue weighted by Gasteiger charge is -2.20. The average molecular weight is 406 g/mol. The normalized spacial score (nSPS) is 16.4. The molecule has 1 atom stereocenters. The van der Waals surface area contributed by atoms with E-state index in [2.05, 4.69) is 10.1 Å². The third-order valence-corrected chi connectivity index (χ3v) is 6.02. The second kappa shape index (κ2) is 6.95. The van der Waals surface area contributed by atoms with Crippen LogP contribution in [0.15, 0.2) is 47.6 Å². The lowest BCUT2D eigenvalue weighted by molar-refractivity contribution is 0.0868. The van der Waals surface area contributed by atoms with Crippen LogP contribution in [0, 0.1) is 0 Å². The molecule has 132 valence electrons. The summed E-state index contributed by atoms with van der Waals surface area (Å²) in [6.45, 7) is 0. The predicted octanol–water partition coefficient (Wildman–Crippen LogP) is 5.14. The minimum atomic E-state index is -0.0953. The number of thioether (sulfide) groups is 1. The van der Waals surface area contributed by atoms with E-state index in [9.17, 15) is 4.79 Å². The molecule has 1 aliphatic heterocycles. The van der Waals surface area contributed by atoms with Crippen molar-refractivity contribution in [3.63, 3.8) is 0 Å². The van der Waals surface area contributed by atoms with Gasteiger partial charge in [-0.2, -0.15) is 4.68 Å². The van der Waals surface area contributed by atoms with E-state index in [1.807, 2.05) is 30.3 Å². The number of fused-ring (bicyclic) bond motifs is 1. The van der Waals surface area contributed by atoms with Gasteiger partial charge in [0.2, 0.25) is 0 Å². The van der Waals surface area contributed by atoms with Crippen molar-refractivity contribution in [3.05, 3.63) is 58.1 Å². The Kier molecular flexibility index (Phi) is 4.65. The first-order valence-electron chi connectivity index (χ1n) is 7.81. The minimum absolute atomic E-state index is 0.0716. The van der Waals surface area contributed by atoms with Gasteiger partial charge in [0, 0.05) is 17.2 Å². The Morgan fingerprint density at radius 1 is 1.15 bits per heavy atom. The number of aromatic nitrogens is 3. The lowest BCUT2D eigenvalue weighted by atomic mass is 10.1. The maximum atomic E-state index is 12.5. The lowest BCUT2D eigenvalue weighted by Crippen LogP contribution is -2.20. The van der Waals surface area contributed by atoms with Gasteiger partial charge in [-0.05, 0) is 42.0 Å². The smallest absolute Gasteiger partial charge is 0.250 e. The molecule has 0 saturated carbocycles. The number of carbonyl (C=O) groups is 1. The summed E-state index contributed by atoms with van der Waals surface area (Å²) in [5.74, 6) is 1.17. The zero-order valence-electron chi connectivity index (χ0n) is 13.6. The number of carbonyl (C=O) groups excluding carboxylic acids is 1. The molecule has 5 nitrogen and oxygen atoms in total. The highest BCUT2D eigenvalue weighted by Crippen LogP contribution is 2.42. The molecule has 0 N–H and O–H groups in total. The molecule has 4 rings (SSSR count). The van der Waals surface area contributed by atoms with Crippen molar-refractivity contribution in [2.24, 2.45) is 0 Å². The number of hydrogen-bond acceptors (Lipinski definition) is 5. The Labute approximate surface area is 164 Å². The number of hydrogen-bond donors (Lipinski definition) is 0. The fraction of sp³-hybridized carbons (Fsp3) is 0.167. The van der Waals surface area contributed by atoms with E-state index < -0.39 is 0 Å². The molecule has 8 heteroatoms. The van der Waals surface area contributed by atoms with Crippen LogP contribution in [-0.4, -0.2) is 27.8 Å². The first kappa shape index (κ1) is 17.4. The molecule has 0 amide bonds. The van der Waals surface area contributed by atoms with Crippen molar-refractivity contribution in [1.29, 1.82) is 0 Å². The Balaban J connectivity index is 1.65. The van der Waals surface area contributed by atoms with Crippen LogP contribution in [0.25, 0.3) is 11.4 Å². The monoisotopic (exact) mass is 405 g/mol. The summed E-state index contributed by atoms with van der Waals surface area (Å²) in [6.07, 6.45) is 0.320. The Bertz CT molecular complexity index is 989. The molecular weight excluding hydrogens is 393 g/mol. The molecule has 0 aliphatic carbocycles. The number of methoxy groups -OCH3 is 1. The van der Waals surface area contributed by atoms with Gasteiger partial charge >= 0.3 is 0 Å². The van der Waals surface area contributed by atoms with E-state index in [1.54, 1.807) is 19.2 Å². The second-order valence-electron chi connectivity index (χ2n) is 5.74. The van der Waals surface area contributed by atoms with Crippen molar-refractivity contribution < 1.29 is 9.53 Å². The van der Waals surface area contributed by atoms with Crippen LogP contribution in [0.1, 0.15) is 22.0 Å². The van der Waals surface area contributed by atoms with Crippen molar-refractivity contribution in [2.45, 2.75) is 16.8 Å². The van der Waals surface area contributed by atoms with Crippen LogP contribution in [0.2, 0.25) is 10.0 Å². The Morgan fingerprint density at radius 3 is 2.62 bits per heavy atom. The molecular formula is C18H13Cl2N3O2S. The third-order valence-electron chi connectivity index (χ3n) is 4.09. The van der Waals surface area contributed by atoms with Crippen LogP contribution in [0.4, 0.5) is 0 Å². The fourth-order valence-electron chi connectivity index (χ4n) is 2.71. The van der Waals surface area contributed by atoms with Crippen molar-refractivity contribution in [2.75, 3.05) is 7.11 Å². The number of nitrogens with zero attached hydrogens (tertiary/aromatic N) is 3. The molecule has 26 heavy (non-hydrogen) atoms. The number of ether oxygens (including phenoxy) is 1. The summed E-state index contributed by atoms with van der Waals surface area (Å²) in [5, 5.41) is 5.83. The Hall–Kier alpha value is -2.02. The van der Waals surface area contributed by atoms with Crippen molar-refractivity contribution >= 4 is 40.9 Å². The zero-order chi connectivity index (χ0) is 18.3. The van der Waals surface area contributed by atoms with Gasteiger partial charge < -0.3 is 4.74 Å². The molecule has 0 unspecified atom stereocenters. The van der Waals surface area contributed by atoms with Gasteiger partial charge in [-0.25, -0.2) is 4.98 Å². The maximum Gasteiger partial charge on any atom is 0.250 e. The summed E-state index contributed by atoms with van der Waals surface area (Å²) >= 11 is 13.6. The van der Waals surface area contributed by atoms with E-state index in [1.165, 1.54) is 16.4 Å². The first-order valence-corrected chi connectivity index (χ1v) is 9.45. The third kappa shape index (κ3) is 3.20. The van der Waals surface area contributed by atoms with E-state index in [0.29, 0.717) is 27.4 Å². The molecule has 2 aromatic carbocycles. The molecule has 1 aromatic heterocycles. The summed E-state index contributed by atoms with van der Waals surface area (Å²) in [6, 6.07) is 12.8. The van der Waals surface area contributed by atoms with E-state index in [4.69, 9.17) is 27.9 Å². The fourth-order valence-corrected chi connectivity index (χ4v) is 4.16. The van der Waals surface area contributed by atoms with Crippen LogP contribution in [0.3, 0.4) is 0 Å². The van der Waals surface area contributed by atoms with Crippen LogP contribution < -0.4 is 4.74 Å². The van der Waals surface area contributed by atoms with Gasteiger partial charge in [-0.3, -0.25) is 4.79 Å². The van der Waals surface area contributed by atoms with Crippen LogP contribution in [-0.2, 0) is 0 Å². The largest absolute Gasteiger partial charge is 0.497 e. The first-order chi connectivity index (χ1) is 12.5. The van der Waals surface area contributed by atoms with E-state index in [-0.39, 0.29) is 11.2 Å². The van der Waals surface area contributed by atoms with Gasteiger partial charge in [0.25, 0.3) is 5.91 Å². The molecule has 0 spiro atoms. The molecule has 0 saturated heterocycles. The zero-order valence-corrected chi connectivity index (χ0v) is 16.0. The van der Waals surface area contributed by atoms with Gasteiger partial charge in [-0.1, -0.05) is 41.0 Å². The highest BCUT2D eigenvalue weighted by Gasteiger charge is 2.30. The van der Waals surface area contributed by atoms with Crippen LogP contribution >= 0.6 is 35.0 Å². The molecule has 0 bridgehead atoms. The molecule has 1 aliphatic rings. The highest BCUT2D eigenvalue weighted by molar-refractivity contribution is 7.99. The summed E-state index contributed by atoms with van der Waals surface area (Å²) < 4.78 is 6.53. The van der Waals surface area contributed by atoms with Gasteiger partial charge in [0.05, 0.1) is 17.2 Å². The van der Waals surface area contributed by atoms with Gasteiger partial charge in [-0.15, -0.1) is 5.10 Å². The van der Waals surface area contributed by atoms with Gasteiger partial charge in [0.1, 0.15) is 5.75 Å². The predicted molar refractivity (Wildman–Crippen MR) is 102 cm³/mol.